The number of carbonyl (C=O) groups excluding carboxylic acids is 1. The van der Waals surface area contributed by atoms with Crippen molar-refractivity contribution in [2.24, 2.45) is 0 Å². The molecule has 10 nitrogen and oxygen atoms in total. The molecule has 3 heterocycles. The lowest BCUT2D eigenvalue weighted by atomic mass is 10.1. The van der Waals surface area contributed by atoms with Gasteiger partial charge in [-0.3, -0.25) is 14.6 Å². The lowest BCUT2D eigenvalue weighted by molar-refractivity contribution is 0.0600. The van der Waals surface area contributed by atoms with Gasteiger partial charge in [0.25, 0.3) is 0 Å². The summed E-state index contributed by atoms with van der Waals surface area (Å²) in [6.07, 6.45) is 1.26. The van der Waals surface area contributed by atoms with Crippen LogP contribution in [0.4, 0.5) is 0 Å². The van der Waals surface area contributed by atoms with E-state index in [1.807, 2.05) is 12.1 Å². The van der Waals surface area contributed by atoms with Gasteiger partial charge in [0.15, 0.2) is 11.5 Å². The van der Waals surface area contributed by atoms with E-state index in [4.69, 9.17) is 23.4 Å². The number of rotatable bonds is 7. The van der Waals surface area contributed by atoms with Crippen molar-refractivity contribution in [3.05, 3.63) is 87.8 Å². The first-order valence-corrected chi connectivity index (χ1v) is 12.9. The summed E-state index contributed by atoms with van der Waals surface area (Å²) < 4.78 is 27.2. The topological polar surface area (TPSA) is 111 Å². The molecule has 1 fully saturated rings. The number of hydrogen-bond acceptors (Lipinski definition) is 10. The molecule has 206 valence electrons. The highest BCUT2D eigenvalue weighted by Crippen LogP contribution is 2.33. The second kappa shape index (κ2) is 10.9. The molecule has 0 saturated carbocycles. The van der Waals surface area contributed by atoms with Crippen LogP contribution in [0, 0.1) is 0 Å². The first-order chi connectivity index (χ1) is 19.5. The van der Waals surface area contributed by atoms with Gasteiger partial charge in [-0.1, -0.05) is 6.07 Å². The minimum atomic E-state index is -0.463. The Bertz CT molecular complexity index is 1610. The number of piperazine rings is 1. The van der Waals surface area contributed by atoms with Crippen LogP contribution in [0.2, 0.25) is 0 Å². The molecule has 10 heteroatoms. The molecular formula is C30H28N2O8. The molecule has 2 aliphatic rings. The number of methoxy groups -OCH3 is 1. The maximum atomic E-state index is 13.2. The predicted octanol–water partition coefficient (Wildman–Crippen LogP) is 4.12. The monoisotopic (exact) mass is 544 g/mol. The summed E-state index contributed by atoms with van der Waals surface area (Å²) >= 11 is 0. The largest absolute Gasteiger partial charge is 0.507 e. The van der Waals surface area contributed by atoms with E-state index < -0.39 is 5.97 Å². The van der Waals surface area contributed by atoms with E-state index in [0.29, 0.717) is 34.4 Å². The van der Waals surface area contributed by atoms with Crippen LogP contribution in [0.3, 0.4) is 0 Å². The molecule has 0 bridgehead atoms. The third-order valence-electron chi connectivity index (χ3n) is 7.18. The van der Waals surface area contributed by atoms with Crippen molar-refractivity contribution in [1.82, 2.24) is 9.80 Å². The summed E-state index contributed by atoms with van der Waals surface area (Å²) in [5.74, 6) is 1.56. The number of esters is 1. The first kappa shape index (κ1) is 25.7. The van der Waals surface area contributed by atoms with Crippen LogP contribution in [0.5, 0.6) is 28.7 Å². The molecular weight excluding hydrogens is 516 g/mol. The minimum absolute atomic E-state index is 0.00656. The van der Waals surface area contributed by atoms with E-state index in [1.54, 1.807) is 24.3 Å². The Morgan fingerprint density at radius 3 is 2.40 bits per heavy atom. The van der Waals surface area contributed by atoms with Gasteiger partial charge >= 0.3 is 5.97 Å². The van der Waals surface area contributed by atoms with Gasteiger partial charge in [0.1, 0.15) is 23.3 Å². The van der Waals surface area contributed by atoms with Gasteiger partial charge in [-0.25, -0.2) is 4.79 Å². The van der Waals surface area contributed by atoms with Crippen LogP contribution in [0.25, 0.3) is 11.0 Å². The number of hydrogen-bond donors (Lipinski definition) is 1. The van der Waals surface area contributed by atoms with Crippen LogP contribution in [-0.2, 0) is 17.8 Å². The molecule has 1 N–H and O–H groups in total. The van der Waals surface area contributed by atoms with Gasteiger partial charge in [-0.2, -0.15) is 0 Å². The highest BCUT2D eigenvalue weighted by molar-refractivity contribution is 5.89. The normalized spacial score (nSPS) is 15.3. The summed E-state index contributed by atoms with van der Waals surface area (Å²) in [5, 5.41) is 11.0. The van der Waals surface area contributed by atoms with E-state index in [-0.39, 0.29) is 23.7 Å². The quantitative estimate of drug-likeness (QED) is 0.341. The maximum Gasteiger partial charge on any atom is 0.337 e. The summed E-state index contributed by atoms with van der Waals surface area (Å²) in [6.45, 7) is 4.83. The van der Waals surface area contributed by atoms with E-state index in [9.17, 15) is 14.7 Å². The number of carbonyl (C=O) groups is 1. The van der Waals surface area contributed by atoms with Crippen LogP contribution >= 0.6 is 0 Å². The Morgan fingerprint density at radius 1 is 0.925 bits per heavy atom. The fourth-order valence-electron chi connectivity index (χ4n) is 4.98. The average molecular weight is 545 g/mol. The Kier molecular flexibility index (Phi) is 7.02. The number of aromatic hydroxyl groups is 1. The zero-order chi connectivity index (χ0) is 27.6. The SMILES string of the molecule is COC(=O)c1ccc(Oc2coc3c(CN4CCN(Cc5ccc6c(c5)OCO6)CC4)c(O)ccc3c2=O)cc1. The Hall–Kier alpha value is -4.54. The summed E-state index contributed by atoms with van der Waals surface area (Å²) in [5.41, 5.74) is 2.08. The fraction of sp³-hybridized carbons (Fsp3) is 0.267. The van der Waals surface area contributed by atoms with Crippen molar-refractivity contribution in [1.29, 1.82) is 0 Å². The van der Waals surface area contributed by atoms with Crippen molar-refractivity contribution >= 4 is 16.9 Å². The molecule has 1 saturated heterocycles. The number of benzene rings is 3. The molecule has 2 aliphatic heterocycles. The lowest BCUT2D eigenvalue weighted by Gasteiger charge is -2.34. The molecule has 0 aliphatic carbocycles. The highest BCUT2D eigenvalue weighted by atomic mass is 16.7. The minimum Gasteiger partial charge on any atom is -0.507 e. The molecule has 1 aromatic heterocycles. The van der Waals surface area contributed by atoms with Crippen molar-refractivity contribution in [2.45, 2.75) is 13.1 Å². The molecule has 0 radical (unpaired) electrons. The molecule has 0 spiro atoms. The second-order valence-corrected chi connectivity index (χ2v) is 9.73. The molecule has 4 aromatic rings. The van der Waals surface area contributed by atoms with Crippen molar-refractivity contribution < 1.29 is 33.3 Å². The maximum absolute atomic E-state index is 13.2. The number of fused-ring (bicyclic) bond motifs is 2. The van der Waals surface area contributed by atoms with Gasteiger partial charge in [0, 0.05) is 39.3 Å². The second-order valence-electron chi connectivity index (χ2n) is 9.73. The number of phenolic OH excluding ortho intramolecular Hbond substituents is 1. The van der Waals surface area contributed by atoms with Gasteiger partial charge in [0.2, 0.25) is 18.0 Å². The van der Waals surface area contributed by atoms with Crippen molar-refractivity contribution in [3.8, 4) is 28.7 Å². The zero-order valence-corrected chi connectivity index (χ0v) is 21.9. The molecule has 3 aromatic carbocycles. The average Bonchev–Trinajstić information content (AvgIpc) is 3.45. The van der Waals surface area contributed by atoms with E-state index >= 15 is 0 Å². The van der Waals surface area contributed by atoms with E-state index in [0.717, 1.165) is 44.2 Å². The van der Waals surface area contributed by atoms with Crippen LogP contribution in [0.1, 0.15) is 21.5 Å². The van der Waals surface area contributed by atoms with Gasteiger partial charge < -0.3 is 28.5 Å². The standard InChI is InChI=1S/C30H28N2O8/c1-36-30(35)20-3-5-21(6-4-20)40-27-17-37-29-22(28(27)34)7-8-24(33)23(29)16-32-12-10-31(11-13-32)15-19-2-9-25-26(14-19)39-18-38-25/h2-9,14,17,33H,10-13,15-16,18H2,1H3. The Balaban J connectivity index is 1.13. The first-order valence-electron chi connectivity index (χ1n) is 12.9. The van der Waals surface area contributed by atoms with Crippen LogP contribution in [0.15, 0.2) is 70.1 Å². The molecule has 40 heavy (non-hydrogen) atoms. The fourth-order valence-corrected chi connectivity index (χ4v) is 4.98. The number of nitrogens with zero attached hydrogens (tertiary/aromatic N) is 2. The number of ether oxygens (including phenoxy) is 4. The third-order valence-corrected chi connectivity index (χ3v) is 7.18. The molecule has 0 atom stereocenters. The van der Waals surface area contributed by atoms with Gasteiger partial charge in [-0.15, -0.1) is 0 Å². The van der Waals surface area contributed by atoms with Crippen LogP contribution in [-0.4, -0.2) is 61.0 Å². The molecule has 0 unspecified atom stereocenters. The zero-order valence-electron chi connectivity index (χ0n) is 21.9. The van der Waals surface area contributed by atoms with Gasteiger partial charge in [0.05, 0.1) is 23.6 Å². The van der Waals surface area contributed by atoms with Crippen molar-refractivity contribution in [2.75, 3.05) is 40.1 Å². The smallest absolute Gasteiger partial charge is 0.337 e. The Labute approximate surface area is 229 Å². The van der Waals surface area contributed by atoms with E-state index in [1.165, 1.54) is 31.1 Å². The third kappa shape index (κ3) is 5.18. The van der Waals surface area contributed by atoms with E-state index in [2.05, 4.69) is 15.9 Å². The molecule has 6 rings (SSSR count). The highest BCUT2D eigenvalue weighted by Gasteiger charge is 2.22. The predicted molar refractivity (Wildman–Crippen MR) is 145 cm³/mol. The molecule has 0 amide bonds. The summed E-state index contributed by atoms with van der Waals surface area (Å²) in [7, 11) is 1.31. The van der Waals surface area contributed by atoms with Gasteiger partial charge in [-0.05, 0) is 54.1 Å². The van der Waals surface area contributed by atoms with Crippen LogP contribution < -0.4 is 19.6 Å². The summed E-state index contributed by atoms with van der Waals surface area (Å²) in [4.78, 5) is 29.5. The Morgan fingerprint density at radius 2 is 1.65 bits per heavy atom. The summed E-state index contributed by atoms with van der Waals surface area (Å²) in [6, 6.07) is 15.3. The number of phenols is 1. The lowest BCUT2D eigenvalue weighted by Crippen LogP contribution is -2.45. The van der Waals surface area contributed by atoms with Crippen molar-refractivity contribution in [3.63, 3.8) is 0 Å².